The van der Waals surface area contributed by atoms with Crippen LogP contribution in [0.15, 0.2) is 48.5 Å². The fourth-order valence-corrected chi connectivity index (χ4v) is 3.98. The molecule has 1 fully saturated rings. The van der Waals surface area contributed by atoms with Gasteiger partial charge in [0.2, 0.25) is 5.91 Å². The predicted octanol–water partition coefficient (Wildman–Crippen LogP) is 1.49. The van der Waals surface area contributed by atoms with E-state index in [2.05, 4.69) is 40.5 Å². The van der Waals surface area contributed by atoms with E-state index in [4.69, 9.17) is 4.74 Å². The Kier molecular flexibility index (Phi) is 5.70. The first-order valence-corrected chi connectivity index (χ1v) is 9.91. The van der Waals surface area contributed by atoms with Crippen LogP contribution in [0.3, 0.4) is 0 Å². The first kappa shape index (κ1) is 18.0. The molecule has 1 amide bonds. The molecular weight excluding hydrogens is 338 g/mol. The fourth-order valence-electron chi connectivity index (χ4n) is 3.98. The number of anilines is 2. The molecule has 2 aliphatic heterocycles. The molecule has 0 spiro atoms. The zero-order valence-electron chi connectivity index (χ0n) is 15.7. The molecule has 0 radical (unpaired) electrons. The Balaban J connectivity index is 1.32. The van der Waals surface area contributed by atoms with Crippen molar-refractivity contribution in [2.75, 3.05) is 49.6 Å². The minimum atomic E-state index is 0.0401. The van der Waals surface area contributed by atoms with Gasteiger partial charge >= 0.3 is 0 Å². The number of carbonyl (C=O) groups is 1. The van der Waals surface area contributed by atoms with Crippen LogP contribution in [0.5, 0.6) is 0 Å². The molecule has 2 aliphatic rings. The van der Waals surface area contributed by atoms with Gasteiger partial charge in [-0.15, -0.1) is 0 Å². The quantitative estimate of drug-likeness (QED) is 0.843. The number of nitrogens with one attached hydrogen (secondary N) is 2. The van der Waals surface area contributed by atoms with Crippen molar-refractivity contribution in [3.8, 4) is 0 Å². The average Bonchev–Trinajstić information content (AvgIpc) is 2.71. The van der Waals surface area contributed by atoms with Crippen molar-refractivity contribution in [1.29, 1.82) is 0 Å². The summed E-state index contributed by atoms with van der Waals surface area (Å²) in [4.78, 5) is 16.3. The molecule has 0 unspecified atom stereocenters. The van der Waals surface area contributed by atoms with Crippen molar-refractivity contribution in [2.24, 2.45) is 0 Å². The molecule has 27 heavy (non-hydrogen) atoms. The van der Waals surface area contributed by atoms with Gasteiger partial charge < -0.3 is 19.9 Å². The summed E-state index contributed by atoms with van der Waals surface area (Å²) in [5.74, 6) is 0.0401. The maximum atomic E-state index is 12.5. The van der Waals surface area contributed by atoms with E-state index in [1.54, 1.807) is 4.90 Å². The van der Waals surface area contributed by atoms with Crippen LogP contribution in [0.25, 0.3) is 0 Å². The van der Waals surface area contributed by atoms with Gasteiger partial charge in [-0.25, -0.2) is 0 Å². The van der Waals surface area contributed by atoms with E-state index >= 15 is 0 Å². The van der Waals surface area contributed by atoms with Gasteiger partial charge in [-0.2, -0.15) is 0 Å². The minimum Gasteiger partial charge on any atom is -0.370 e. The minimum absolute atomic E-state index is 0.0401. The molecule has 2 aromatic rings. The largest absolute Gasteiger partial charge is 0.370 e. The van der Waals surface area contributed by atoms with Crippen LogP contribution in [0.1, 0.15) is 17.5 Å². The van der Waals surface area contributed by atoms with E-state index in [1.165, 1.54) is 16.8 Å². The van der Waals surface area contributed by atoms with Crippen LogP contribution >= 0.6 is 0 Å². The molecule has 0 bridgehead atoms. The zero-order chi connectivity index (χ0) is 18.5. The van der Waals surface area contributed by atoms with E-state index in [1.807, 2.05) is 18.2 Å². The summed E-state index contributed by atoms with van der Waals surface area (Å²) in [6, 6.07) is 16.7. The lowest BCUT2D eigenvalue weighted by Crippen LogP contribution is -3.12. The highest BCUT2D eigenvalue weighted by atomic mass is 16.5. The van der Waals surface area contributed by atoms with Crippen molar-refractivity contribution < 1.29 is 14.4 Å². The number of carbonyl (C=O) groups excluding carboxylic acids is 1. The number of hydrogen-bond donors (Lipinski definition) is 2. The van der Waals surface area contributed by atoms with E-state index in [9.17, 15) is 4.79 Å². The number of ether oxygens (including phenoxy) is 1. The lowest BCUT2D eigenvalue weighted by molar-refractivity contribution is -0.921. The van der Waals surface area contributed by atoms with Crippen LogP contribution < -0.4 is 15.1 Å². The smallest absolute Gasteiger partial charge is 0.243 e. The summed E-state index contributed by atoms with van der Waals surface area (Å²) >= 11 is 0. The molecule has 142 valence electrons. The summed E-state index contributed by atoms with van der Waals surface area (Å²) in [7, 11) is 0. The van der Waals surface area contributed by atoms with E-state index in [-0.39, 0.29) is 5.91 Å². The van der Waals surface area contributed by atoms with E-state index in [0.717, 1.165) is 57.9 Å². The van der Waals surface area contributed by atoms with Gasteiger partial charge in [0, 0.05) is 23.5 Å². The molecule has 5 nitrogen and oxygen atoms in total. The van der Waals surface area contributed by atoms with Crippen molar-refractivity contribution in [1.82, 2.24) is 0 Å². The first-order valence-electron chi connectivity index (χ1n) is 9.91. The summed E-state index contributed by atoms with van der Waals surface area (Å²) in [6.07, 6.45) is 2.20. The number of aryl methyl sites for hydroxylation is 1. The van der Waals surface area contributed by atoms with E-state index < -0.39 is 0 Å². The number of morpholine rings is 1. The normalized spacial score (nSPS) is 17.4. The highest BCUT2D eigenvalue weighted by Gasteiger charge is 2.19. The number of hydrogen-bond acceptors (Lipinski definition) is 3. The fraction of sp³-hybridized carbons (Fsp3) is 0.409. The molecule has 0 aromatic heterocycles. The lowest BCUT2D eigenvalue weighted by atomic mass is 10.0. The Morgan fingerprint density at radius 3 is 2.67 bits per heavy atom. The maximum absolute atomic E-state index is 12.5. The van der Waals surface area contributed by atoms with Crippen LogP contribution in [0.4, 0.5) is 11.4 Å². The Hall–Kier alpha value is -2.37. The molecule has 2 N–H and O–H groups in total. The maximum Gasteiger partial charge on any atom is 0.243 e. The van der Waals surface area contributed by atoms with Gasteiger partial charge in [-0.3, -0.25) is 4.79 Å². The third kappa shape index (κ3) is 4.67. The predicted molar refractivity (Wildman–Crippen MR) is 107 cm³/mol. The molecule has 1 saturated heterocycles. The number of amides is 1. The topological polar surface area (TPSA) is 46.0 Å². The molecule has 4 rings (SSSR count). The van der Waals surface area contributed by atoms with Gasteiger partial charge in [-0.1, -0.05) is 30.3 Å². The number of rotatable bonds is 5. The summed E-state index contributed by atoms with van der Waals surface area (Å²) in [5.41, 5.74) is 4.70. The van der Waals surface area contributed by atoms with E-state index in [0.29, 0.717) is 6.54 Å². The van der Waals surface area contributed by atoms with Gasteiger partial charge in [0.25, 0.3) is 0 Å². The molecule has 2 aromatic carbocycles. The van der Waals surface area contributed by atoms with Crippen LogP contribution in [-0.2, 0) is 22.5 Å². The Morgan fingerprint density at radius 2 is 1.85 bits per heavy atom. The van der Waals surface area contributed by atoms with Crippen LogP contribution in [0.2, 0.25) is 0 Å². The first-order chi connectivity index (χ1) is 13.3. The Labute approximate surface area is 160 Å². The van der Waals surface area contributed by atoms with Crippen molar-refractivity contribution in [3.63, 3.8) is 0 Å². The van der Waals surface area contributed by atoms with Crippen molar-refractivity contribution in [3.05, 3.63) is 59.7 Å². The third-order valence-corrected chi connectivity index (χ3v) is 5.43. The number of fused-ring (bicyclic) bond motifs is 1. The van der Waals surface area contributed by atoms with Gasteiger partial charge in [0.15, 0.2) is 0 Å². The van der Waals surface area contributed by atoms with Crippen molar-refractivity contribution >= 4 is 17.3 Å². The van der Waals surface area contributed by atoms with Gasteiger partial charge in [-0.05, 0) is 36.6 Å². The molecule has 2 heterocycles. The lowest BCUT2D eigenvalue weighted by Gasteiger charge is -2.30. The molecular formula is C22H28N3O2+. The van der Waals surface area contributed by atoms with Gasteiger partial charge in [0.1, 0.15) is 19.6 Å². The van der Waals surface area contributed by atoms with Gasteiger partial charge in [0.05, 0.1) is 19.8 Å². The second-order valence-corrected chi connectivity index (χ2v) is 7.44. The third-order valence-electron chi connectivity index (χ3n) is 5.43. The molecule has 5 heteroatoms. The molecule has 0 saturated carbocycles. The standard InChI is InChI=1S/C22H27N3O2/c26-22(17-25-11-3-5-19-4-1-2-6-21(19)25)23-20-9-7-18(8-10-20)16-24-12-14-27-15-13-24/h1-2,4,6-10H,3,5,11-17H2,(H,23,26)/p+1. The monoisotopic (exact) mass is 366 g/mol. The van der Waals surface area contributed by atoms with Crippen LogP contribution in [-0.4, -0.2) is 45.3 Å². The highest BCUT2D eigenvalue weighted by molar-refractivity contribution is 5.94. The Morgan fingerprint density at radius 1 is 1.07 bits per heavy atom. The zero-order valence-corrected chi connectivity index (χ0v) is 15.7. The SMILES string of the molecule is O=C(CN1CCCc2ccccc21)Nc1ccc(C[NH+]2CCOCC2)cc1. The Bertz CT molecular complexity index is 769. The number of para-hydroxylation sites is 1. The molecule has 0 aliphatic carbocycles. The van der Waals surface area contributed by atoms with Crippen LogP contribution in [0, 0.1) is 0 Å². The summed E-state index contributed by atoms with van der Waals surface area (Å²) in [5, 5.41) is 3.04. The summed E-state index contributed by atoms with van der Waals surface area (Å²) in [6.45, 7) is 6.18. The molecule has 0 atom stereocenters. The number of quaternary nitrogens is 1. The number of nitrogens with zero attached hydrogens (tertiary/aromatic N) is 1. The number of benzene rings is 2. The second kappa shape index (κ2) is 8.55. The second-order valence-electron chi connectivity index (χ2n) is 7.44. The van der Waals surface area contributed by atoms with Crippen molar-refractivity contribution in [2.45, 2.75) is 19.4 Å². The summed E-state index contributed by atoms with van der Waals surface area (Å²) < 4.78 is 5.41. The average molecular weight is 366 g/mol. The highest BCUT2D eigenvalue weighted by Crippen LogP contribution is 2.26.